The molecule has 0 fully saturated rings. The summed E-state index contributed by atoms with van der Waals surface area (Å²) in [7, 11) is 0. The van der Waals surface area contributed by atoms with Crippen LogP contribution in [0.3, 0.4) is 0 Å². The summed E-state index contributed by atoms with van der Waals surface area (Å²) >= 11 is 0. The first kappa shape index (κ1) is 17.4. The third-order valence-electron chi connectivity index (χ3n) is 4.78. The molecule has 3 aromatic rings. The van der Waals surface area contributed by atoms with Crippen molar-refractivity contribution in [1.82, 2.24) is 9.97 Å². The van der Waals surface area contributed by atoms with Crippen LogP contribution in [0, 0.1) is 0 Å². The van der Waals surface area contributed by atoms with E-state index in [1.807, 2.05) is 38.1 Å². The molecule has 0 spiro atoms. The molecule has 0 amide bonds. The zero-order chi connectivity index (χ0) is 18.8. The minimum Gasteiger partial charge on any atom is -0.490 e. The van der Waals surface area contributed by atoms with E-state index in [0.29, 0.717) is 25.0 Å². The molecule has 2 N–H and O–H groups in total. The molecule has 0 unspecified atom stereocenters. The molecule has 1 aliphatic heterocycles. The van der Waals surface area contributed by atoms with Crippen molar-refractivity contribution in [3.05, 3.63) is 47.5 Å². The Kier molecular flexibility index (Phi) is 4.71. The SMILES string of the molecule is CCOc1cc2c(cc1OCC)CN(c1nc(N)c3ccccc3n1)CC2. The zero-order valence-electron chi connectivity index (χ0n) is 15.7. The van der Waals surface area contributed by atoms with Crippen molar-refractivity contribution in [2.45, 2.75) is 26.8 Å². The number of hydrogen-bond donors (Lipinski definition) is 1. The minimum absolute atomic E-state index is 0.517. The first-order valence-electron chi connectivity index (χ1n) is 9.38. The van der Waals surface area contributed by atoms with Crippen LogP contribution in [0.15, 0.2) is 36.4 Å². The molecule has 1 aromatic heterocycles. The number of para-hydroxylation sites is 1. The summed E-state index contributed by atoms with van der Waals surface area (Å²) in [6.07, 6.45) is 0.901. The molecular weight excluding hydrogens is 340 g/mol. The van der Waals surface area contributed by atoms with Crippen LogP contribution in [0.2, 0.25) is 0 Å². The van der Waals surface area contributed by atoms with E-state index in [0.717, 1.165) is 41.9 Å². The van der Waals surface area contributed by atoms with E-state index < -0.39 is 0 Å². The van der Waals surface area contributed by atoms with E-state index in [4.69, 9.17) is 20.2 Å². The highest BCUT2D eigenvalue weighted by Crippen LogP contribution is 2.35. The van der Waals surface area contributed by atoms with Crippen LogP contribution < -0.4 is 20.1 Å². The third-order valence-corrected chi connectivity index (χ3v) is 4.78. The fourth-order valence-electron chi connectivity index (χ4n) is 3.50. The number of aromatic nitrogens is 2. The Morgan fingerprint density at radius 2 is 1.70 bits per heavy atom. The summed E-state index contributed by atoms with van der Waals surface area (Å²) in [5.74, 6) is 2.79. The van der Waals surface area contributed by atoms with E-state index in [2.05, 4.69) is 22.0 Å². The number of benzene rings is 2. The van der Waals surface area contributed by atoms with Crippen LogP contribution in [0.4, 0.5) is 11.8 Å². The summed E-state index contributed by atoms with van der Waals surface area (Å²) in [5.41, 5.74) is 9.52. The van der Waals surface area contributed by atoms with Gasteiger partial charge in [0.2, 0.25) is 5.95 Å². The number of nitrogens with zero attached hydrogens (tertiary/aromatic N) is 3. The predicted octanol–water partition coefficient (Wildman–Crippen LogP) is 3.57. The first-order valence-corrected chi connectivity index (χ1v) is 9.38. The van der Waals surface area contributed by atoms with Crippen LogP contribution in [0.5, 0.6) is 11.5 Å². The number of fused-ring (bicyclic) bond motifs is 2. The van der Waals surface area contributed by atoms with Crippen LogP contribution in [-0.2, 0) is 13.0 Å². The second kappa shape index (κ2) is 7.31. The highest BCUT2D eigenvalue weighted by molar-refractivity contribution is 5.88. The fraction of sp³-hybridized carbons (Fsp3) is 0.333. The number of hydrogen-bond acceptors (Lipinski definition) is 6. The van der Waals surface area contributed by atoms with Gasteiger partial charge in [-0.1, -0.05) is 12.1 Å². The number of nitrogen functional groups attached to an aromatic ring is 1. The van der Waals surface area contributed by atoms with Crippen molar-refractivity contribution in [3.63, 3.8) is 0 Å². The van der Waals surface area contributed by atoms with E-state index >= 15 is 0 Å². The number of anilines is 2. The summed E-state index contributed by atoms with van der Waals surface area (Å²) in [6, 6.07) is 12.0. The molecule has 6 nitrogen and oxygen atoms in total. The lowest BCUT2D eigenvalue weighted by atomic mass is 9.99. The van der Waals surface area contributed by atoms with Gasteiger partial charge in [0.15, 0.2) is 11.5 Å². The molecule has 1 aliphatic rings. The van der Waals surface area contributed by atoms with Gasteiger partial charge >= 0.3 is 0 Å². The molecule has 2 heterocycles. The Morgan fingerprint density at radius 3 is 2.44 bits per heavy atom. The van der Waals surface area contributed by atoms with E-state index in [-0.39, 0.29) is 0 Å². The lowest BCUT2D eigenvalue weighted by Crippen LogP contribution is -2.32. The van der Waals surface area contributed by atoms with Gasteiger partial charge < -0.3 is 20.1 Å². The van der Waals surface area contributed by atoms with Gasteiger partial charge in [0.05, 0.1) is 18.7 Å². The van der Waals surface area contributed by atoms with Gasteiger partial charge in [-0.3, -0.25) is 0 Å². The molecule has 0 bridgehead atoms. The van der Waals surface area contributed by atoms with Gasteiger partial charge in [0, 0.05) is 18.5 Å². The van der Waals surface area contributed by atoms with Crippen LogP contribution in [0.25, 0.3) is 10.9 Å². The average molecular weight is 364 g/mol. The second-order valence-corrected chi connectivity index (χ2v) is 6.53. The first-order chi connectivity index (χ1) is 13.2. The lowest BCUT2D eigenvalue weighted by molar-refractivity contribution is 0.287. The maximum atomic E-state index is 6.16. The lowest BCUT2D eigenvalue weighted by Gasteiger charge is -2.30. The monoisotopic (exact) mass is 364 g/mol. The molecule has 4 rings (SSSR count). The number of ether oxygens (including phenoxy) is 2. The number of rotatable bonds is 5. The molecule has 0 aliphatic carbocycles. The van der Waals surface area contributed by atoms with Crippen molar-refractivity contribution in [3.8, 4) is 11.5 Å². The fourth-order valence-corrected chi connectivity index (χ4v) is 3.50. The van der Waals surface area contributed by atoms with Gasteiger partial charge in [0.1, 0.15) is 5.82 Å². The van der Waals surface area contributed by atoms with Crippen molar-refractivity contribution in [2.24, 2.45) is 0 Å². The third kappa shape index (κ3) is 3.35. The largest absolute Gasteiger partial charge is 0.490 e. The summed E-state index contributed by atoms with van der Waals surface area (Å²) in [4.78, 5) is 11.4. The van der Waals surface area contributed by atoms with Crippen molar-refractivity contribution < 1.29 is 9.47 Å². The van der Waals surface area contributed by atoms with E-state index in [9.17, 15) is 0 Å². The maximum absolute atomic E-state index is 6.16. The van der Waals surface area contributed by atoms with Crippen LogP contribution in [-0.4, -0.2) is 29.7 Å². The smallest absolute Gasteiger partial charge is 0.228 e. The van der Waals surface area contributed by atoms with Crippen LogP contribution in [0.1, 0.15) is 25.0 Å². The van der Waals surface area contributed by atoms with Gasteiger partial charge in [-0.05, 0) is 55.7 Å². The predicted molar refractivity (Wildman–Crippen MR) is 107 cm³/mol. The van der Waals surface area contributed by atoms with Crippen molar-refractivity contribution in [2.75, 3.05) is 30.4 Å². The Hall–Kier alpha value is -3.02. The van der Waals surface area contributed by atoms with Crippen molar-refractivity contribution in [1.29, 1.82) is 0 Å². The molecule has 0 saturated heterocycles. The Balaban J connectivity index is 1.67. The highest BCUT2D eigenvalue weighted by Gasteiger charge is 2.22. The van der Waals surface area contributed by atoms with Gasteiger partial charge in [-0.25, -0.2) is 4.98 Å². The summed E-state index contributed by atoms with van der Waals surface area (Å²) in [6.45, 7) is 6.75. The molecule has 0 atom stereocenters. The molecule has 0 radical (unpaired) electrons. The van der Waals surface area contributed by atoms with Gasteiger partial charge in [0.25, 0.3) is 0 Å². The highest BCUT2D eigenvalue weighted by atomic mass is 16.5. The van der Waals surface area contributed by atoms with Gasteiger partial charge in [-0.2, -0.15) is 4.98 Å². The number of nitrogens with two attached hydrogens (primary N) is 1. The normalized spacial score (nSPS) is 13.5. The summed E-state index contributed by atoms with van der Waals surface area (Å²) in [5, 5.41) is 0.888. The Labute approximate surface area is 158 Å². The summed E-state index contributed by atoms with van der Waals surface area (Å²) < 4.78 is 11.5. The quantitative estimate of drug-likeness (QED) is 0.746. The Bertz CT molecular complexity index is 974. The van der Waals surface area contributed by atoms with Crippen LogP contribution >= 0.6 is 0 Å². The second-order valence-electron chi connectivity index (χ2n) is 6.53. The van der Waals surface area contributed by atoms with Gasteiger partial charge in [-0.15, -0.1) is 0 Å². The molecule has 6 heteroatoms. The molecule has 140 valence electrons. The standard InChI is InChI=1S/C21H24N4O2/c1-3-26-18-11-14-9-10-25(13-15(14)12-19(18)27-4-2)21-23-17-8-6-5-7-16(17)20(22)24-21/h5-8,11-12H,3-4,9-10,13H2,1-2H3,(H2,22,23,24). The minimum atomic E-state index is 0.517. The molecule has 2 aromatic carbocycles. The molecular formula is C21H24N4O2. The van der Waals surface area contributed by atoms with Crippen molar-refractivity contribution >= 4 is 22.7 Å². The zero-order valence-corrected chi connectivity index (χ0v) is 15.7. The molecule has 0 saturated carbocycles. The van der Waals surface area contributed by atoms with E-state index in [1.165, 1.54) is 11.1 Å². The average Bonchev–Trinajstić information content (AvgIpc) is 2.68. The van der Waals surface area contributed by atoms with E-state index in [1.54, 1.807) is 0 Å². The topological polar surface area (TPSA) is 73.5 Å². The molecule has 27 heavy (non-hydrogen) atoms. The Morgan fingerprint density at radius 1 is 1.00 bits per heavy atom. The maximum Gasteiger partial charge on any atom is 0.228 e.